The van der Waals surface area contributed by atoms with Crippen molar-refractivity contribution in [3.8, 4) is 0 Å². The molecule has 0 bridgehead atoms. The number of nitrogens with two attached hydrogens (primary N) is 1. The van der Waals surface area contributed by atoms with E-state index in [-0.39, 0.29) is 11.9 Å². The lowest BCUT2D eigenvalue weighted by atomic mass is 10.0. The summed E-state index contributed by atoms with van der Waals surface area (Å²) in [4.78, 5) is 10.7. The highest BCUT2D eigenvalue weighted by Crippen LogP contribution is 2.14. The first-order valence-corrected chi connectivity index (χ1v) is 6.09. The van der Waals surface area contributed by atoms with Gasteiger partial charge in [0.25, 0.3) is 0 Å². The Hall–Kier alpha value is -1.35. The number of carbonyl (C=O) groups is 1. The van der Waals surface area contributed by atoms with Crippen molar-refractivity contribution in [2.45, 2.75) is 45.7 Å². The van der Waals surface area contributed by atoms with Gasteiger partial charge in [-0.25, -0.2) is 0 Å². The summed E-state index contributed by atoms with van der Waals surface area (Å²) in [6.07, 6.45) is 0.379. The quantitative estimate of drug-likeness (QED) is 0.792. The van der Waals surface area contributed by atoms with Gasteiger partial charge in [0.2, 0.25) is 5.91 Å². The molecule has 0 fully saturated rings. The molecule has 1 atom stereocenters. The number of benzene rings is 1. The van der Waals surface area contributed by atoms with Crippen molar-refractivity contribution in [1.82, 2.24) is 5.32 Å². The van der Waals surface area contributed by atoms with Crippen LogP contribution in [0.15, 0.2) is 24.3 Å². The maximum atomic E-state index is 10.7. The molecule has 94 valence electrons. The highest BCUT2D eigenvalue weighted by atomic mass is 16.1. The van der Waals surface area contributed by atoms with E-state index < -0.39 is 0 Å². The first kappa shape index (κ1) is 13.7. The number of primary amides is 1. The molecule has 0 aliphatic heterocycles. The summed E-state index contributed by atoms with van der Waals surface area (Å²) in [5.41, 5.74) is 7.71. The average molecular weight is 234 g/mol. The van der Waals surface area contributed by atoms with Crippen LogP contribution in [0.2, 0.25) is 0 Å². The Morgan fingerprint density at radius 2 is 1.82 bits per heavy atom. The third-order valence-corrected chi connectivity index (χ3v) is 2.81. The molecule has 17 heavy (non-hydrogen) atoms. The molecule has 0 radical (unpaired) electrons. The van der Waals surface area contributed by atoms with E-state index in [1.165, 1.54) is 11.1 Å². The van der Waals surface area contributed by atoms with Crippen LogP contribution in [0.5, 0.6) is 0 Å². The van der Waals surface area contributed by atoms with Crippen LogP contribution in [-0.4, -0.2) is 11.9 Å². The molecular weight excluding hydrogens is 212 g/mol. The van der Waals surface area contributed by atoms with E-state index in [1.54, 1.807) is 0 Å². The predicted molar refractivity (Wildman–Crippen MR) is 70.6 cm³/mol. The van der Waals surface area contributed by atoms with E-state index in [0.717, 1.165) is 6.54 Å². The van der Waals surface area contributed by atoms with Crippen molar-refractivity contribution in [2.75, 3.05) is 0 Å². The Morgan fingerprint density at radius 1 is 1.24 bits per heavy atom. The van der Waals surface area contributed by atoms with Gasteiger partial charge in [-0.3, -0.25) is 4.79 Å². The Balaban J connectivity index is 2.44. The van der Waals surface area contributed by atoms with Gasteiger partial charge in [-0.05, 0) is 24.0 Å². The Kier molecular flexibility index (Phi) is 5.16. The van der Waals surface area contributed by atoms with Crippen molar-refractivity contribution in [3.63, 3.8) is 0 Å². The number of carbonyl (C=O) groups excluding carboxylic acids is 1. The van der Waals surface area contributed by atoms with Crippen LogP contribution in [0.1, 0.15) is 44.2 Å². The third kappa shape index (κ3) is 5.00. The zero-order valence-corrected chi connectivity index (χ0v) is 10.9. The summed E-state index contributed by atoms with van der Waals surface area (Å²) in [6.45, 7) is 7.10. The zero-order chi connectivity index (χ0) is 12.8. The Bertz CT molecular complexity index is 357. The van der Waals surface area contributed by atoms with Crippen LogP contribution < -0.4 is 11.1 Å². The van der Waals surface area contributed by atoms with Gasteiger partial charge in [0.15, 0.2) is 0 Å². The molecule has 0 saturated heterocycles. The van der Waals surface area contributed by atoms with E-state index >= 15 is 0 Å². The molecule has 1 aromatic carbocycles. The average Bonchev–Trinajstić information content (AvgIpc) is 2.26. The summed E-state index contributed by atoms with van der Waals surface area (Å²) in [6, 6.07) is 8.68. The van der Waals surface area contributed by atoms with Gasteiger partial charge in [0, 0.05) is 19.0 Å². The molecule has 0 saturated carbocycles. The largest absolute Gasteiger partial charge is 0.370 e. The molecule has 0 spiro atoms. The molecule has 1 aromatic rings. The number of rotatable bonds is 6. The van der Waals surface area contributed by atoms with Crippen LogP contribution in [0, 0.1) is 0 Å². The summed E-state index contributed by atoms with van der Waals surface area (Å²) in [7, 11) is 0. The molecule has 0 heterocycles. The van der Waals surface area contributed by atoms with Gasteiger partial charge in [-0.15, -0.1) is 0 Å². The summed E-state index contributed by atoms with van der Waals surface area (Å²) >= 11 is 0. The molecule has 1 amide bonds. The lowest BCUT2D eigenvalue weighted by Gasteiger charge is -2.12. The normalized spacial score (nSPS) is 12.7. The monoisotopic (exact) mass is 234 g/mol. The van der Waals surface area contributed by atoms with Crippen molar-refractivity contribution in [2.24, 2.45) is 5.73 Å². The van der Waals surface area contributed by atoms with E-state index in [1.807, 2.05) is 6.92 Å². The first-order valence-electron chi connectivity index (χ1n) is 6.09. The standard InChI is InChI=1S/C14H22N2O/c1-10(2)13-6-4-12(5-7-13)9-16-11(3)8-14(15)17/h4-7,10-11,16H,8-9H2,1-3H3,(H2,15,17). The fourth-order valence-corrected chi connectivity index (χ4v) is 1.69. The lowest BCUT2D eigenvalue weighted by molar-refractivity contribution is -0.118. The summed E-state index contributed by atoms with van der Waals surface area (Å²) in [5, 5.41) is 3.28. The molecule has 1 rings (SSSR count). The van der Waals surface area contributed by atoms with Crippen LogP contribution in [0.25, 0.3) is 0 Å². The van der Waals surface area contributed by atoms with E-state index in [2.05, 4.69) is 43.4 Å². The van der Waals surface area contributed by atoms with Crippen LogP contribution in [-0.2, 0) is 11.3 Å². The van der Waals surface area contributed by atoms with Crippen molar-refractivity contribution in [1.29, 1.82) is 0 Å². The fraction of sp³-hybridized carbons (Fsp3) is 0.500. The van der Waals surface area contributed by atoms with Crippen molar-refractivity contribution >= 4 is 5.91 Å². The predicted octanol–water partition coefficient (Wildman–Crippen LogP) is 2.16. The van der Waals surface area contributed by atoms with Gasteiger partial charge in [0.05, 0.1) is 0 Å². The Morgan fingerprint density at radius 3 is 2.29 bits per heavy atom. The minimum atomic E-state index is -0.264. The highest BCUT2D eigenvalue weighted by Gasteiger charge is 2.05. The van der Waals surface area contributed by atoms with E-state index in [4.69, 9.17) is 5.73 Å². The van der Waals surface area contributed by atoms with Crippen molar-refractivity contribution < 1.29 is 4.79 Å². The van der Waals surface area contributed by atoms with Crippen LogP contribution >= 0.6 is 0 Å². The lowest BCUT2D eigenvalue weighted by Crippen LogP contribution is -2.30. The number of amides is 1. The topological polar surface area (TPSA) is 55.1 Å². The zero-order valence-electron chi connectivity index (χ0n) is 10.9. The first-order chi connectivity index (χ1) is 7.99. The number of hydrogen-bond acceptors (Lipinski definition) is 2. The minimum Gasteiger partial charge on any atom is -0.370 e. The minimum absolute atomic E-state index is 0.122. The summed E-state index contributed by atoms with van der Waals surface area (Å²) < 4.78 is 0. The van der Waals surface area contributed by atoms with Crippen LogP contribution in [0.4, 0.5) is 0 Å². The molecule has 3 heteroatoms. The van der Waals surface area contributed by atoms with E-state index in [9.17, 15) is 4.79 Å². The molecule has 3 nitrogen and oxygen atoms in total. The van der Waals surface area contributed by atoms with Gasteiger partial charge >= 0.3 is 0 Å². The second kappa shape index (κ2) is 6.40. The maximum Gasteiger partial charge on any atom is 0.218 e. The summed E-state index contributed by atoms with van der Waals surface area (Å²) in [5.74, 6) is 0.297. The smallest absolute Gasteiger partial charge is 0.218 e. The van der Waals surface area contributed by atoms with Gasteiger partial charge in [0.1, 0.15) is 0 Å². The van der Waals surface area contributed by atoms with Gasteiger partial charge in [-0.1, -0.05) is 38.1 Å². The third-order valence-electron chi connectivity index (χ3n) is 2.81. The van der Waals surface area contributed by atoms with E-state index in [0.29, 0.717) is 12.3 Å². The molecular formula is C14H22N2O. The number of nitrogens with one attached hydrogen (secondary N) is 1. The molecule has 0 aliphatic rings. The molecule has 0 aliphatic carbocycles. The van der Waals surface area contributed by atoms with Crippen LogP contribution in [0.3, 0.4) is 0 Å². The molecule has 1 unspecified atom stereocenters. The highest BCUT2D eigenvalue weighted by molar-refractivity contribution is 5.74. The van der Waals surface area contributed by atoms with Gasteiger partial charge < -0.3 is 11.1 Å². The maximum absolute atomic E-state index is 10.7. The van der Waals surface area contributed by atoms with Gasteiger partial charge in [-0.2, -0.15) is 0 Å². The second-order valence-corrected chi connectivity index (χ2v) is 4.85. The fourth-order valence-electron chi connectivity index (χ4n) is 1.69. The molecule has 3 N–H and O–H groups in total. The van der Waals surface area contributed by atoms with Crippen molar-refractivity contribution in [3.05, 3.63) is 35.4 Å². The Labute approximate surface area is 103 Å². The SMILES string of the molecule is CC(CC(N)=O)NCc1ccc(C(C)C)cc1. The second-order valence-electron chi connectivity index (χ2n) is 4.85. The molecule has 0 aromatic heterocycles. The number of hydrogen-bond donors (Lipinski definition) is 2.